The molecule has 0 fully saturated rings. The van der Waals surface area contributed by atoms with Crippen molar-refractivity contribution in [3.05, 3.63) is 40.6 Å². The van der Waals surface area contributed by atoms with Crippen molar-refractivity contribution in [3.8, 4) is 0 Å². The van der Waals surface area contributed by atoms with E-state index >= 15 is 0 Å². The molecule has 1 unspecified atom stereocenters. The van der Waals surface area contributed by atoms with Crippen LogP contribution in [0.25, 0.3) is 6.08 Å². The van der Waals surface area contributed by atoms with Crippen molar-refractivity contribution in [2.24, 2.45) is 0 Å². The summed E-state index contributed by atoms with van der Waals surface area (Å²) in [6.45, 7) is 8.96. The van der Waals surface area contributed by atoms with E-state index < -0.39 is 22.4 Å². The third kappa shape index (κ3) is 4.36. The van der Waals surface area contributed by atoms with Gasteiger partial charge in [0, 0.05) is 25.0 Å². The van der Waals surface area contributed by atoms with Crippen LogP contribution < -0.4 is 0 Å². The predicted octanol–water partition coefficient (Wildman–Crippen LogP) is 4.32. The number of rotatable bonds is 10. The summed E-state index contributed by atoms with van der Waals surface area (Å²) >= 11 is 4.07. The van der Waals surface area contributed by atoms with Gasteiger partial charge in [-0.2, -0.15) is 0 Å². The van der Waals surface area contributed by atoms with Gasteiger partial charge in [-0.15, -0.1) is 0 Å². The minimum Gasteiger partial charge on any atom is -0.370 e. The van der Waals surface area contributed by atoms with Crippen LogP contribution in [-0.2, 0) is 26.9 Å². The molecule has 0 spiro atoms. The molecule has 27 heavy (non-hydrogen) atoms. The van der Waals surface area contributed by atoms with Gasteiger partial charge in [-0.1, -0.05) is 43.7 Å². The molecular weight excluding hydrogens is 400 g/mol. The van der Waals surface area contributed by atoms with Gasteiger partial charge in [-0.3, -0.25) is 0 Å². The van der Waals surface area contributed by atoms with E-state index in [0.29, 0.717) is 32.7 Å². The number of allylic oxidation sites excluding steroid dienone is 1. The molecule has 0 aromatic heterocycles. The standard InChI is InChI=1S/C19H30O5S2Si/c1-5-13-19(26(20,21)25)15-17(14-16-11-9-10-12-18(16)19)27(22-6-2,23-7-3)24-8-4/h9-12,14H,5-8,13,15H2,1-4H3,(H,20,21,25). The van der Waals surface area contributed by atoms with E-state index in [2.05, 4.69) is 11.7 Å². The van der Waals surface area contributed by atoms with Gasteiger partial charge in [0.05, 0.1) is 0 Å². The molecule has 5 nitrogen and oxygen atoms in total. The highest BCUT2D eigenvalue weighted by molar-refractivity contribution is 8.63. The third-order valence-electron chi connectivity index (χ3n) is 4.80. The van der Waals surface area contributed by atoms with Crippen LogP contribution in [0.4, 0.5) is 0 Å². The fraction of sp³-hybridized carbons (Fsp3) is 0.579. The van der Waals surface area contributed by atoms with Crippen LogP contribution in [-0.4, -0.2) is 37.0 Å². The third-order valence-corrected chi connectivity index (χ3v) is 10.5. The van der Waals surface area contributed by atoms with Crippen molar-refractivity contribution in [3.63, 3.8) is 0 Å². The van der Waals surface area contributed by atoms with Crippen LogP contribution >= 0.6 is 11.7 Å². The van der Waals surface area contributed by atoms with E-state index in [1.54, 1.807) is 0 Å². The maximum Gasteiger partial charge on any atom is 0.533 e. The SMILES string of the molecule is CCCC1(S(=O)(=O)S)CC([Si](OCC)(OCC)OCC)=Cc2ccccc21. The van der Waals surface area contributed by atoms with Crippen LogP contribution in [0, 0.1) is 0 Å². The summed E-state index contributed by atoms with van der Waals surface area (Å²) in [5.74, 6) is 0. The molecule has 152 valence electrons. The topological polar surface area (TPSA) is 61.8 Å². The number of benzene rings is 1. The summed E-state index contributed by atoms with van der Waals surface area (Å²) in [6.07, 6.45) is 3.46. The maximum atomic E-state index is 12.9. The lowest BCUT2D eigenvalue weighted by molar-refractivity contribution is 0.0794. The van der Waals surface area contributed by atoms with Crippen molar-refractivity contribution in [1.82, 2.24) is 0 Å². The zero-order valence-corrected chi connectivity index (χ0v) is 19.2. The zero-order valence-electron chi connectivity index (χ0n) is 16.5. The first kappa shape index (κ1) is 22.6. The minimum atomic E-state index is -3.69. The molecule has 0 bridgehead atoms. The largest absolute Gasteiger partial charge is 0.533 e. The number of hydrogen-bond donors (Lipinski definition) is 1. The Hall–Kier alpha value is -0.643. The van der Waals surface area contributed by atoms with Crippen molar-refractivity contribution in [1.29, 1.82) is 0 Å². The summed E-state index contributed by atoms with van der Waals surface area (Å²) in [5.41, 5.74) is 1.65. The van der Waals surface area contributed by atoms with Gasteiger partial charge >= 0.3 is 8.80 Å². The van der Waals surface area contributed by atoms with Gasteiger partial charge in [0.15, 0.2) is 0 Å². The van der Waals surface area contributed by atoms with Gasteiger partial charge in [-0.25, -0.2) is 8.42 Å². The highest BCUT2D eigenvalue weighted by atomic mass is 33.1. The molecule has 0 N–H and O–H groups in total. The van der Waals surface area contributed by atoms with Gasteiger partial charge in [-0.05, 0) is 56.4 Å². The molecule has 0 saturated carbocycles. The minimum absolute atomic E-state index is 0.274. The Morgan fingerprint density at radius 2 is 1.59 bits per heavy atom. The fourth-order valence-electron chi connectivity index (χ4n) is 3.84. The van der Waals surface area contributed by atoms with Crippen LogP contribution in [0.15, 0.2) is 29.5 Å². The van der Waals surface area contributed by atoms with Gasteiger partial charge < -0.3 is 13.3 Å². The summed E-state index contributed by atoms with van der Waals surface area (Å²) in [4.78, 5) is 0. The quantitative estimate of drug-likeness (QED) is 0.340. The van der Waals surface area contributed by atoms with E-state index in [-0.39, 0.29) is 6.42 Å². The average Bonchev–Trinajstić information content (AvgIpc) is 2.61. The van der Waals surface area contributed by atoms with Crippen LogP contribution in [0.3, 0.4) is 0 Å². The smallest absolute Gasteiger partial charge is 0.370 e. The zero-order chi connectivity index (χ0) is 20.1. The lowest BCUT2D eigenvalue weighted by Gasteiger charge is -2.40. The molecule has 0 amide bonds. The normalized spacial score (nSPS) is 20.3. The Morgan fingerprint density at radius 1 is 1.04 bits per heavy atom. The molecule has 0 heterocycles. The second kappa shape index (κ2) is 9.24. The second-order valence-electron chi connectivity index (χ2n) is 6.51. The van der Waals surface area contributed by atoms with Gasteiger partial charge in [0.1, 0.15) is 4.75 Å². The van der Waals surface area contributed by atoms with Crippen molar-refractivity contribution in [2.45, 2.75) is 51.7 Å². The highest BCUT2D eigenvalue weighted by Gasteiger charge is 2.54. The van der Waals surface area contributed by atoms with Crippen molar-refractivity contribution >= 4 is 35.4 Å². The molecule has 1 aliphatic carbocycles. The molecular formula is C19H30O5S2Si. The second-order valence-corrected chi connectivity index (χ2v) is 12.3. The van der Waals surface area contributed by atoms with E-state index in [1.165, 1.54) is 0 Å². The molecule has 1 aromatic rings. The predicted molar refractivity (Wildman–Crippen MR) is 114 cm³/mol. The first-order valence-corrected chi connectivity index (χ1v) is 13.8. The Morgan fingerprint density at radius 3 is 2.07 bits per heavy atom. The summed E-state index contributed by atoms with van der Waals surface area (Å²) in [5, 5.41) is 0.804. The summed E-state index contributed by atoms with van der Waals surface area (Å²) in [7, 11) is -6.89. The van der Waals surface area contributed by atoms with E-state index in [0.717, 1.165) is 16.3 Å². The van der Waals surface area contributed by atoms with Gasteiger partial charge in [0.25, 0.3) is 0 Å². The summed E-state index contributed by atoms with van der Waals surface area (Å²) in [6, 6.07) is 7.60. The van der Waals surface area contributed by atoms with Crippen LogP contribution in [0.5, 0.6) is 0 Å². The first-order valence-electron chi connectivity index (χ1n) is 9.49. The van der Waals surface area contributed by atoms with Crippen LogP contribution in [0.2, 0.25) is 0 Å². The molecule has 1 atom stereocenters. The van der Waals surface area contributed by atoms with Crippen molar-refractivity contribution < 1.29 is 21.7 Å². The summed E-state index contributed by atoms with van der Waals surface area (Å²) < 4.78 is 42.9. The Labute approximate surface area is 169 Å². The lowest BCUT2D eigenvalue weighted by atomic mass is 9.83. The Balaban J connectivity index is 2.74. The molecule has 1 aromatic carbocycles. The number of hydrogen-bond acceptors (Lipinski definition) is 5. The molecule has 0 aliphatic heterocycles. The molecule has 2 rings (SSSR count). The lowest BCUT2D eigenvalue weighted by Crippen LogP contribution is -2.51. The molecule has 8 heteroatoms. The Bertz CT molecular complexity index is 761. The van der Waals surface area contributed by atoms with Gasteiger partial charge in [0.2, 0.25) is 8.87 Å². The number of thiol groups is 1. The first-order chi connectivity index (χ1) is 12.8. The Kier molecular flexibility index (Phi) is 7.75. The van der Waals surface area contributed by atoms with Crippen LogP contribution in [0.1, 0.15) is 58.1 Å². The monoisotopic (exact) mass is 430 g/mol. The highest BCUT2D eigenvalue weighted by Crippen LogP contribution is 2.49. The fourth-order valence-corrected chi connectivity index (χ4v) is 8.79. The van der Waals surface area contributed by atoms with E-state index in [9.17, 15) is 8.42 Å². The number of fused-ring (bicyclic) bond motifs is 1. The molecule has 1 aliphatic rings. The van der Waals surface area contributed by atoms with E-state index in [1.807, 2.05) is 58.0 Å². The van der Waals surface area contributed by atoms with E-state index in [4.69, 9.17) is 13.3 Å². The maximum absolute atomic E-state index is 12.9. The average molecular weight is 431 g/mol. The molecule has 0 saturated heterocycles. The molecule has 0 radical (unpaired) electrons. The van der Waals surface area contributed by atoms with Crippen molar-refractivity contribution in [2.75, 3.05) is 19.8 Å².